The van der Waals surface area contributed by atoms with Crippen LogP contribution in [0.2, 0.25) is 0 Å². The van der Waals surface area contributed by atoms with Crippen LogP contribution in [0.5, 0.6) is 11.5 Å². The monoisotopic (exact) mass is 340 g/mol. The van der Waals surface area contributed by atoms with Gasteiger partial charge in [0.1, 0.15) is 11.5 Å². The maximum Gasteiger partial charge on any atom is 0.162 e. The Kier molecular flexibility index (Phi) is 6.34. The summed E-state index contributed by atoms with van der Waals surface area (Å²) in [5.41, 5.74) is 2.62. The highest BCUT2D eigenvalue weighted by Gasteiger charge is 2.09. The quantitative estimate of drug-likeness (QED) is 0.538. The van der Waals surface area contributed by atoms with Crippen LogP contribution >= 0.6 is 0 Å². The minimum Gasteiger partial charge on any atom is -0.508 e. The smallest absolute Gasteiger partial charge is 0.162 e. The van der Waals surface area contributed by atoms with Crippen molar-refractivity contribution in [3.8, 4) is 11.5 Å². The number of aromatic hydroxyl groups is 2. The Morgan fingerprint density at radius 1 is 0.720 bits per heavy atom. The summed E-state index contributed by atoms with van der Waals surface area (Å²) in [5.74, 6) is 0.506. The van der Waals surface area contributed by atoms with E-state index in [1.54, 1.807) is 50.2 Å². The highest BCUT2D eigenvalue weighted by atomic mass is 16.3. The lowest BCUT2D eigenvalue weighted by atomic mass is 10.00. The summed E-state index contributed by atoms with van der Waals surface area (Å²) < 4.78 is 0. The van der Waals surface area contributed by atoms with E-state index < -0.39 is 0 Å². The highest BCUT2D eigenvalue weighted by molar-refractivity contribution is 5.97. The molecule has 0 bridgehead atoms. The first-order valence-corrected chi connectivity index (χ1v) is 8.54. The van der Waals surface area contributed by atoms with Gasteiger partial charge in [-0.2, -0.15) is 0 Å². The summed E-state index contributed by atoms with van der Waals surface area (Å²) in [7, 11) is 0. The van der Waals surface area contributed by atoms with Crippen molar-refractivity contribution in [2.24, 2.45) is 0 Å². The molecule has 4 nitrogen and oxygen atoms in total. The average molecular weight is 340 g/mol. The van der Waals surface area contributed by atoms with Crippen molar-refractivity contribution in [3.63, 3.8) is 0 Å². The standard InChI is InChI=1S/C21H24O4/c1-14-12-16(8-10-18(14)22)20(24)6-4-3-5-7-21(25)17-9-11-19(23)15(2)13-17/h8-13,22-23H,3-7H2,1-2H3. The van der Waals surface area contributed by atoms with E-state index in [-0.39, 0.29) is 23.1 Å². The van der Waals surface area contributed by atoms with Gasteiger partial charge in [0, 0.05) is 24.0 Å². The van der Waals surface area contributed by atoms with Gasteiger partial charge in [0.15, 0.2) is 11.6 Å². The van der Waals surface area contributed by atoms with Crippen LogP contribution in [0.1, 0.15) is 63.9 Å². The predicted molar refractivity (Wildman–Crippen MR) is 97.4 cm³/mol. The van der Waals surface area contributed by atoms with E-state index >= 15 is 0 Å². The molecule has 0 aliphatic carbocycles. The first kappa shape index (κ1) is 18.7. The van der Waals surface area contributed by atoms with Crippen LogP contribution in [0.4, 0.5) is 0 Å². The third-order valence-electron chi connectivity index (χ3n) is 4.35. The molecule has 0 atom stereocenters. The van der Waals surface area contributed by atoms with Gasteiger partial charge in [-0.05, 0) is 74.2 Å². The number of unbranched alkanes of at least 4 members (excludes halogenated alkanes) is 2. The summed E-state index contributed by atoms with van der Waals surface area (Å²) in [4.78, 5) is 24.2. The molecule has 0 saturated carbocycles. The molecule has 0 aliphatic heterocycles. The minimum absolute atomic E-state index is 0.0589. The molecule has 2 aromatic carbocycles. The SMILES string of the molecule is Cc1cc(C(=O)CCCCCC(=O)c2ccc(O)c(C)c2)ccc1O. The summed E-state index contributed by atoms with van der Waals surface area (Å²) in [6, 6.07) is 9.77. The van der Waals surface area contributed by atoms with Crippen molar-refractivity contribution >= 4 is 11.6 Å². The van der Waals surface area contributed by atoms with Gasteiger partial charge in [-0.15, -0.1) is 0 Å². The Morgan fingerprint density at radius 2 is 1.12 bits per heavy atom. The molecule has 4 heteroatoms. The number of aryl methyl sites for hydroxylation is 2. The summed E-state index contributed by atoms with van der Waals surface area (Å²) in [6.45, 7) is 3.53. The molecule has 0 amide bonds. The molecule has 0 saturated heterocycles. The molecule has 0 heterocycles. The second kappa shape index (κ2) is 8.47. The molecule has 0 unspecified atom stereocenters. The molecule has 0 aliphatic rings. The van der Waals surface area contributed by atoms with Gasteiger partial charge < -0.3 is 10.2 Å². The first-order chi connectivity index (χ1) is 11.9. The van der Waals surface area contributed by atoms with Crippen LogP contribution in [0, 0.1) is 13.8 Å². The van der Waals surface area contributed by atoms with Crippen LogP contribution in [-0.2, 0) is 0 Å². The van der Waals surface area contributed by atoms with Gasteiger partial charge in [-0.3, -0.25) is 9.59 Å². The lowest BCUT2D eigenvalue weighted by Crippen LogP contribution is -2.01. The van der Waals surface area contributed by atoms with Gasteiger partial charge in [0.05, 0.1) is 0 Å². The zero-order valence-corrected chi connectivity index (χ0v) is 14.7. The molecule has 2 aromatic rings. The number of carbonyl (C=O) groups excluding carboxylic acids is 2. The fourth-order valence-corrected chi connectivity index (χ4v) is 2.69. The lowest BCUT2D eigenvalue weighted by molar-refractivity contribution is 0.0978. The largest absolute Gasteiger partial charge is 0.508 e. The Morgan fingerprint density at radius 3 is 1.48 bits per heavy atom. The first-order valence-electron chi connectivity index (χ1n) is 8.54. The molecule has 0 radical (unpaired) electrons. The molecule has 2 rings (SSSR count). The number of phenolic OH excluding ortho intramolecular Hbond substituents is 2. The van der Waals surface area contributed by atoms with Gasteiger partial charge >= 0.3 is 0 Å². The van der Waals surface area contributed by atoms with Crippen LogP contribution in [-0.4, -0.2) is 21.8 Å². The van der Waals surface area contributed by atoms with Gasteiger partial charge in [-0.25, -0.2) is 0 Å². The van der Waals surface area contributed by atoms with Crippen LogP contribution in [0.3, 0.4) is 0 Å². The van der Waals surface area contributed by atoms with E-state index in [9.17, 15) is 19.8 Å². The van der Waals surface area contributed by atoms with Gasteiger partial charge in [-0.1, -0.05) is 6.42 Å². The summed E-state index contributed by atoms with van der Waals surface area (Å²) in [5, 5.41) is 19.0. The molecular formula is C21H24O4. The zero-order chi connectivity index (χ0) is 18.4. The number of phenols is 2. The Bertz CT molecular complexity index is 712. The number of benzene rings is 2. The normalized spacial score (nSPS) is 10.6. The summed E-state index contributed by atoms with van der Waals surface area (Å²) in [6.07, 6.45) is 3.17. The second-order valence-corrected chi connectivity index (χ2v) is 6.41. The lowest BCUT2D eigenvalue weighted by Gasteiger charge is -2.05. The molecule has 25 heavy (non-hydrogen) atoms. The topological polar surface area (TPSA) is 74.6 Å². The molecule has 0 aromatic heterocycles. The Hall–Kier alpha value is -2.62. The molecule has 2 N–H and O–H groups in total. The van der Waals surface area contributed by atoms with Crippen molar-refractivity contribution in [2.75, 3.05) is 0 Å². The van der Waals surface area contributed by atoms with Crippen molar-refractivity contribution < 1.29 is 19.8 Å². The van der Waals surface area contributed by atoms with E-state index in [4.69, 9.17) is 0 Å². The van der Waals surface area contributed by atoms with Crippen LogP contribution < -0.4 is 0 Å². The zero-order valence-electron chi connectivity index (χ0n) is 14.7. The maximum atomic E-state index is 12.1. The van der Waals surface area contributed by atoms with Gasteiger partial charge in [0.2, 0.25) is 0 Å². The number of hydrogen-bond donors (Lipinski definition) is 2. The molecule has 132 valence electrons. The number of carbonyl (C=O) groups is 2. The second-order valence-electron chi connectivity index (χ2n) is 6.41. The summed E-state index contributed by atoms with van der Waals surface area (Å²) >= 11 is 0. The Labute approximate surface area is 148 Å². The van der Waals surface area contributed by atoms with E-state index in [0.29, 0.717) is 35.1 Å². The maximum absolute atomic E-state index is 12.1. The van der Waals surface area contributed by atoms with E-state index in [1.807, 2.05) is 0 Å². The number of rotatable bonds is 8. The van der Waals surface area contributed by atoms with Gasteiger partial charge in [0.25, 0.3) is 0 Å². The fourth-order valence-electron chi connectivity index (χ4n) is 2.69. The van der Waals surface area contributed by atoms with Crippen molar-refractivity contribution in [3.05, 3.63) is 58.7 Å². The highest BCUT2D eigenvalue weighted by Crippen LogP contribution is 2.20. The van der Waals surface area contributed by atoms with E-state index in [0.717, 1.165) is 19.3 Å². The Balaban J connectivity index is 1.73. The average Bonchev–Trinajstić information content (AvgIpc) is 2.59. The van der Waals surface area contributed by atoms with Crippen molar-refractivity contribution in [1.29, 1.82) is 0 Å². The third kappa shape index (κ3) is 5.18. The number of Topliss-reactive ketones (excluding diaryl/α,β-unsaturated/α-hetero) is 2. The molecular weight excluding hydrogens is 316 g/mol. The van der Waals surface area contributed by atoms with Crippen molar-refractivity contribution in [1.82, 2.24) is 0 Å². The van der Waals surface area contributed by atoms with Crippen LogP contribution in [0.25, 0.3) is 0 Å². The van der Waals surface area contributed by atoms with E-state index in [1.165, 1.54) is 0 Å². The molecule has 0 fully saturated rings. The number of ketones is 2. The van der Waals surface area contributed by atoms with Crippen LogP contribution in [0.15, 0.2) is 36.4 Å². The fraction of sp³-hybridized carbons (Fsp3) is 0.333. The molecule has 0 spiro atoms. The number of hydrogen-bond acceptors (Lipinski definition) is 4. The minimum atomic E-state index is 0.0589. The third-order valence-corrected chi connectivity index (χ3v) is 4.35. The van der Waals surface area contributed by atoms with E-state index in [2.05, 4.69) is 0 Å². The predicted octanol–water partition coefficient (Wildman–Crippen LogP) is 4.73. The van der Waals surface area contributed by atoms with Crippen molar-refractivity contribution in [2.45, 2.75) is 46.0 Å².